The van der Waals surface area contributed by atoms with Crippen molar-refractivity contribution in [1.82, 2.24) is 4.90 Å². The summed E-state index contributed by atoms with van der Waals surface area (Å²) in [6, 6.07) is 23.4. The van der Waals surface area contributed by atoms with Gasteiger partial charge in [-0.05, 0) is 73.4 Å². The fraction of sp³-hybridized carbons (Fsp3) is 0.286. The molecule has 1 heterocycles. The Hall–Kier alpha value is -2.90. The lowest BCUT2D eigenvalue weighted by Crippen LogP contribution is -2.30. The molecule has 0 bridgehead atoms. The number of thiophene rings is 1. The predicted molar refractivity (Wildman–Crippen MR) is 138 cm³/mol. The molecular formula is C28H31NO4S. The normalized spacial score (nSPS) is 13.6. The SMILES string of the molecule is COCOc1ccc(C(O)c2ccc(OC(C)N(C)C)cc2)cc1.c1ccc2c3c(sc2c1)C3. The molecule has 0 amide bonds. The number of benzene rings is 3. The second-order valence-electron chi connectivity index (χ2n) is 8.45. The number of aliphatic hydroxyl groups is 1. The van der Waals surface area contributed by atoms with E-state index in [1.54, 1.807) is 17.6 Å². The number of methoxy groups -OCH3 is 1. The van der Waals surface area contributed by atoms with Crippen molar-refractivity contribution in [2.24, 2.45) is 0 Å². The zero-order valence-electron chi connectivity index (χ0n) is 20.0. The minimum absolute atomic E-state index is 0.0135. The summed E-state index contributed by atoms with van der Waals surface area (Å²) in [4.78, 5) is 3.58. The second kappa shape index (κ2) is 11.0. The van der Waals surface area contributed by atoms with Gasteiger partial charge in [0.25, 0.3) is 0 Å². The van der Waals surface area contributed by atoms with E-state index in [4.69, 9.17) is 14.2 Å². The standard InChI is InChI=1S/C19H25NO4.C9H6S/c1-14(20(2)3)24-18-11-7-16(8-12-18)19(21)15-5-9-17(10-6-15)23-13-22-4;1-2-4-8-6(3-1)7-5-9(7)10-8/h5-12,14,19,21H,13H2,1-4H3;1-4H,5H2. The highest BCUT2D eigenvalue weighted by Gasteiger charge is 2.22. The Morgan fingerprint density at radius 1 is 0.912 bits per heavy atom. The number of ether oxygens (including phenoxy) is 3. The number of hydrogen-bond acceptors (Lipinski definition) is 6. The molecular weight excluding hydrogens is 446 g/mol. The molecule has 0 saturated heterocycles. The fourth-order valence-electron chi connectivity index (χ4n) is 3.49. The van der Waals surface area contributed by atoms with E-state index in [1.165, 1.54) is 16.5 Å². The Morgan fingerprint density at radius 3 is 2.12 bits per heavy atom. The molecule has 1 aliphatic rings. The van der Waals surface area contributed by atoms with Crippen LogP contribution in [0.5, 0.6) is 11.5 Å². The fourth-order valence-corrected chi connectivity index (χ4v) is 4.66. The summed E-state index contributed by atoms with van der Waals surface area (Å²) in [6.45, 7) is 2.19. The zero-order chi connectivity index (χ0) is 24.1. The third kappa shape index (κ3) is 5.96. The average Bonchev–Trinajstić information content (AvgIpc) is 3.54. The molecule has 0 saturated carbocycles. The molecule has 1 aliphatic carbocycles. The Kier molecular flexibility index (Phi) is 7.85. The molecule has 0 aliphatic heterocycles. The first kappa shape index (κ1) is 24.2. The van der Waals surface area contributed by atoms with Crippen LogP contribution in [0, 0.1) is 0 Å². The van der Waals surface area contributed by atoms with Gasteiger partial charge >= 0.3 is 0 Å². The van der Waals surface area contributed by atoms with E-state index in [-0.39, 0.29) is 13.0 Å². The van der Waals surface area contributed by atoms with E-state index in [2.05, 4.69) is 24.3 Å². The van der Waals surface area contributed by atoms with Crippen LogP contribution in [0.25, 0.3) is 10.1 Å². The van der Waals surface area contributed by atoms with Crippen LogP contribution in [-0.4, -0.2) is 44.2 Å². The summed E-state index contributed by atoms with van der Waals surface area (Å²) in [6.07, 6.45) is 0.559. The van der Waals surface area contributed by atoms with Gasteiger partial charge < -0.3 is 19.3 Å². The number of fused-ring (bicyclic) bond motifs is 3. The molecule has 5 nitrogen and oxygen atoms in total. The van der Waals surface area contributed by atoms with Gasteiger partial charge in [-0.2, -0.15) is 0 Å². The first-order valence-electron chi connectivity index (χ1n) is 11.3. The van der Waals surface area contributed by atoms with Crippen LogP contribution < -0.4 is 9.47 Å². The molecule has 1 aromatic heterocycles. The first-order valence-corrected chi connectivity index (χ1v) is 12.1. The van der Waals surface area contributed by atoms with Crippen LogP contribution >= 0.6 is 11.3 Å². The van der Waals surface area contributed by atoms with Gasteiger partial charge in [0.05, 0.1) is 0 Å². The third-order valence-corrected chi connectivity index (χ3v) is 6.98. The van der Waals surface area contributed by atoms with Crippen molar-refractivity contribution in [3.63, 3.8) is 0 Å². The zero-order valence-corrected chi connectivity index (χ0v) is 20.8. The first-order chi connectivity index (χ1) is 16.5. The highest BCUT2D eigenvalue weighted by atomic mass is 32.1. The van der Waals surface area contributed by atoms with Gasteiger partial charge in [0.15, 0.2) is 6.79 Å². The minimum atomic E-state index is -0.693. The van der Waals surface area contributed by atoms with Gasteiger partial charge in [-0.15, -0.1) is 11.3 Å². The number of hydrogen-bond donors (Lipinski definition) is 1. The highest BCUT2D eigenvalue weighted by Crippen LogP contribution is 2.42. The lowest BCUT2D eigenvalue weighted by molar-refractivity contribution is 0.0511. The van der Waals surface area contributed by atoms with Gasteiger partial charge in [-0.25, -0.2) is 0 Å². The van der Waals surface area contributed by atoms with Gasteiger partial charge in [0, 0.05) is 23.1 Å². The van der Waals surface area contributed by atoms with Crippen LogP contribution in [0.1, 0.15) is 34.6 Å². The van der Waals surface area contributed by atoms with Crippen LogP contribution in [0.4, 0.5) is 0 Å². The van der Waals surface area contributed by atoms with E-state index in [0.717, 1.165) is 16.9 Å². The van der Waals surface area contributed by atoms with Gasteiger partial charge in [-0.3, -0.25) is 4.90 Å². The van der Waals surface area contributed by atoms with E-state index in [1.807, 2.05) is 85.8 Å². The maximum atomic E-state index is 10.5. The van der Waals surface area contributed by atoms with E-state index < -0.39 is 6.10 Å². The average molecular weight is 478 g/mol. The molecule has 5 rings (SSSR count). The molecule has 0 fully saturated rings. The number of nitrogens with zero attached hydrogens (tertiary/aromatic N) is 1. The summed E-state index contributed by atoms with van der Waals surface area (Å²) in [5, 5.41) is 12.0. The van der Waals surface area contributed by atoms with Crippen molar-refractivity contribution >= 4 is 21.4 Å². The van der Waals surface area contributed by atoms with Crippen molar-refractivity contribution in [1.29, 1.82) is 0 Å². The molecule has 0 radical (unpaired) electrons. The van der Waals surface area contributed by atoms with Crippen molar-refractivity contribution in [3.8, 4) is 11.5 Å². The summed E-state index contributed by atoms with van der Waals surface area (Å²) in [7, 11) is 5.50. The minimum Gasteiger partial charge on any atom is -0.475 e. The topological polar surface area (TPSA) is 51.2 Å². The number of aliphatic hydroxyl groups excluding tert-OH is 1. The smallest absolute Gasteiger partial charge is 0.188 e. The van der Waals surface area contributed by atoms with Crippen LogP contribution in [0.3, 0.4) is 0 Å². The maximum absolute atomic E-state index is 10.5. The van der Waals surface area contributed by atoms with Crippen molar-refractivity contribution in [3.05, 3.63) is 94.4 Å². The van der Waals surface area contributed by atoms with Gasteiger partial charge in [-0.1, -0.05) is 42.5 Å². The number of rotatable bonds is 8. The Labute approximate surface area is 205 Å². The molecule has 178 valence electrons. The van der Waals surface area contributed by atoms with E-state index in [9.17, 15) is 5.11 Å². The summed E-state index contributed by atoms with van der Waals surface area (Å²) in [5.74, 6) is 1.48. The second-order valence-corrected chi connectivity index (χ2v) is 9.59. The molecule has 2 unspecified atom stereocenters. The van der Waals surface area contributed by atoms with Crippen molar-refractivity contribution in [2.45, 2.75) is 25.7 Å². The summed E-state index contributed by atoms with van der Waals surface area (Å²) < 4.78 is 17.4. The Morgan fingerprint density at radius 2 is 1.53 bits per heavy atom. The largest absolute Gasteiger partial charge is 0.475 e. The van der Waals surface area contributed by atoms with Crippen molar-refractivity contribution < 1.29 is 19.3 Å². The van der Waals surface area contributed by atoms with E-state index in [0.29, 0.717) is 5.75 Å². The van der Waals surface area contributed by atoms with Gasteiger partial charge in [0.2, 0.25) is 0 Å². The van der Waals surface area contributed by atoms with E-state index >= 15 is 0 Å². The monoisotopic (exact) mass is 477 g/mol. The quantitative estimate of drug-likeness (QED) is 0.285. The van der Waals surface area contributed by atoms with Gasteiger partial charge in [0.1, 0.15) is 23.8 Å². The molecule has 6 heteroatoms. The van der Waals surface area contributed by atoms with Crippen molar-refractivity contribution in [2.75, 3.05) is 28.0 Å². The third-order valence-electron chi connectivity index (χ3n) is 5.76. The molecule has 4 aromatic rings. The Bertz CT molecular complexity index is 1200. The molecule has 34 heavy (non-hydrogen) atoms. The molecule has 3 aromatic carbocycles. The highest BCUT2D eigenvalue weighted by molar-refractivity contribution is 7.20. The molecule has 2 atom stereocenters. The van der Waals surface area contributed by atoms with Crippen LogP contribution in [-0.2, 0) is 11.2 Å². The Balaban J connectivity index is 0.000000222. The molecule has 0 spiro atoms. The maximum Gasteiger partial charge on any atom is 0.188 e. The predicted octanol–water partition coefficient (Wildman–Crippen LogP) is 5.84. The summed E-state index contributed by atoms with van der Waals surface area (Å²) >= 11 is 1.94. The summed E-state index contributed by atoms with van der Waals surface area (Å²) in [5.41, 5.74) is 3.21. The lowest BCUT2D eigenvalue weighted by atomic mass is 10.0. The van der Waals surface area contributed by atoms with Crippen LogP contribution in [0.2, 0.25) is 0 Å². The van der Waals surface area contributed by atoms with Crippen LogP contribution in [0.15, 0.2) is 72.8 Å². The lowest BCUT2D eigenvalue weighted by Gasteiger charge is -2.21. The molecule has 1 N–H and O–H groups in total.